The Hall–Kier alpha value is -1.48. The summed E-state index contributed by atoms with van der Waals surface area (Å²) in [5.41, 5.74) is 10.3. The molecule has 1 aliphatic heterocycles. The molecule has 1 heterocycles. The van der Waals surface area contributed by atoms with Crippen molar-refractivity contribution in [2.24, 2.45) is 5.73 Å². The third kappa shape index (κ3) is 2.47. The summed E-state index contributed by atoms with van der Waals surface area (Å²) in [5.74, 6) is 0.973. The van der Waals surface area contributed by atoms with Crippen molar-refractivity contribution in [3.05, 3.63) is 41.7 Å². The van der Waals surface area contributed by atoms with E-state index in [0.29, 0.717) is 11.8 Å². The highest BCUT2D eigenvalue weighted by molar-refractivity contribution is 5.64. The van der Waals surface area contributed by atoms with Crippen molar-refractivity contribution < 1.29 is 0 Å². The molecular formula is C16H25N3. The zero-order valence-electron chi connectivity index (χ0n) is 12.6. The maximum atomic E-state index is 6.28. The minimum absolute atomic E-state index is 0.114. The summed E-state index contributed by atoms with van der Waals surface area (Å²) in [4.78, 5) is 4.21. The zero-order chi connectivity index (χ0) is 14.2. The summed E-state index contributed by atoms with van der Waals surface area (Å²) in [6.45, 7) is 8.94. The molecule has 19 heavy (non-hydrogen) atoms. The number of anilines is 1. The molecule has 0 saturated carbocycles. The van der Waals surface area contributed by atoms with Crippen LogP contribution in [0, 0.1) is 0 Å². The third-order valence-corrected chi connectivity index (χ3v) is 3.77. The lowest BCUT2D eigenvalue weighted by Crippen LogP contribution is -2.45. The van der Waals surface area contributed by atoms with E-state index in [9.17, 15) is 0 Å². The predicted molar refractivity (Wildman–Crippen MR) is 82.0 cm³/mol. The first-order valence-electron chi connectivity index (χ1n) is 7.00. The summed E-state index contributed by atoms with van der Waals surface area (Å²) in [5, 5.41) is 0. The van der Waals surface area contributed by atoms with E-state index >= 15 is 0 Å². The standard InChI is InChI=1S/C16H25N3/c1-11(2)13-7-6-8-14(12(3)4)15(13)19-10-9-18(5)16(19)17/h6-12,16H,17H2,1-5H3. The molecule has 0 aromatic heterocycles. The van der Waals surface area contributed by atoms with Crippen LogP contribution in [-0.2, 0) is 0 Å². The van der Waals surface area contributed by atoms with E-state index in [1.54, 1.807) is 0 Å². The van der Waals surface area contributed by atoms with E-state index in [-0.39, 0.29) is 6.29 Å². The molecular weight excluding hydrogens is 234 g/mol. The number of rotatable bonds is 3. The molecule has 3 nitrogen and oxygen atoms in total. The third-order valence-electron chi connectivity index (χ3n) is 3.77. The molecule has 0 radical (unpaired) electrons. The summed E-state index contributed by atoms with van der Waals surface area (Å²) in [6, 6.07) is 6.58. The van der Waals surface area contributed by atoms with E-state index in [4.69, 9.17) is 5.73 Å². The van der Waals surface area contributed by atoms with Gasteiger partial charge in [0.15, 0.2) is 6.29 Å². The smallest absolute Gasteiger partial charge is 0.158 e. The molecule has 0 amide bonds. The molecule has 2 N–H and O–H groups in total. The van der Waals surface area contributed by atoms with Gasteiger partial charge in [-0.3, -0.25) is 5.73 Å². The van der Waals surface area contributed by atoms with Crippen molar-refractivity contribution in [3.8, 4) is 0 Å². The van der Waals surface area contributed by atoms with Gasteiger partial charge in [-0.2, -0.15) is 0 Å². The Morgan fingerprint density at radius 2 is 1.53 bits per heavy atom. The van der Waals surface area contributed by atoms with Crippen LogP contribution in [-0.4, -0.2) is 18.2 Å². The second kappa shape index (κ2) is 5.25. The highest BCUT2D eigenvalue weighted by Gasteiger charge is 2.26. The lowest BCUT2D eigenvalue weighted by atomic mass is 9.92. The van der Waals surface area contributed by atoms with Gasteiger partial charge < -0.3 is 9.80 Å². The Balaban J connectivity index is 2.56. The van der Waals surface area contributed by atoms with Gasteiger partial charge in [-0.25, -0.2) is 0 Å². The van der Waals surface area contributed by atoms with Crippen molar-refractivity contribution in [3.63, 3.8) is 0 Å². The fourth-order valence-corrected chi connectivity index (χ4v) is 2.57. The summed E-state index contributed by atoms with van der Waals surface area (Å²) in [7, 11) is 2.01. The minimum Gasteiger partial charge on any atom is -0.347 e. The molecule has 1 aromatic rings. The minimum atomic E-state index is -0.114. The number of hydrogen-bond donors (Lipinski definition) is 1. The van der Waals surface area contributed by atoms with Gasteiger partial charge in [0.1, 0.15) is 0 Å². The number of hydrogen-bond acceptors (Lipinski definition) is 3. The highest BCUT2D eigenvalue weighted by atomic mass is 15.4. The zero-order valence-corrected chi connectivity index (χ0v) is 12.6. The van der Waals surface area contributed by atoms with E-state index in [0.717, 1.165) is 0 Å². The lowest BCUT2D eigenvalue weighted by Gasteiger charge is -2.32. The van der Waals surface area contributed by atoms with Gasteiger partial charge in [-0.15, -0.1) is 0 Å². The van der Waals surface area contributed by atoms with Crippen LogP contribution < -0.4 is 10.6 Å². The van der Waals surface area contributed by atoms with Crippen molar-refractivity contribution >= 4 is 5.69 Å². The predicted octanol–water partition coefficient (Wildman–Crippen LogP) is 3.40. The molecule has 104 valence electrons. The Morgan fingerprint density at radius 1 is 1.00 bits per heavy atom. The molecule has 0 bridgehead atoms. The van der Waals surface area contributed by atoms with Gasteiger partial charge in [0.2, 0.25) is 0 Å². The second-order valence-corrected chi connectivity index (χ2v) is 5.88. The summed E-state index contributed by atoms with van der Waals surface area (Å²) >= 11 is 0. The van der Waals surface area contributed by atoms with Crippen molar-refractivity contribution in [2.45, 2.75) is 45.8 Å². The first-order chi connectivity index (χ1) is 8.93. The van der Waals surface area contributed by atoms with E-state index < -0.39 is 0 Å². The maximum absolute atomic E-state index is 6.28. The Morgan fingerprint density at radius 3 is 1.89 bits per heavy atom. The van der Waals surface area contributed by atoms with Crippen molar-refractivity contribution in [1.82, 2.24) is 4.90 Å². The summed E-state index contributed by atoms with van der Waals surface area (Å²) in [6.07, 6.45) is 4.00. The second-order valence-electron chi connectivity index (χ2n) is 5.88. The largest absolute Gasteiger partial charge is 0.347 e. The average Bonchev–Trinajstić information content (AvgIpc) is 2.68. The topological polar surface area (TPSA) is 32.5 Å². The molecule has 0 fully saturated rings. The van der Waals surface area contributed by atoms with Gasteiger partial charge in [-0.1, -0.05) is 45.9 Å². The van der Waals surface area contributed by atoms with Crippen molar-refractivity contribution in [1.29, 1.82) is 0 Å². The number of nitrogens with zero attached hydrogens (tertiary/aromatic N) is 2. The number of nitrogens with two attached hydrogens (primary N) is 1. The Bertz CT molecular complexity index is 451. The Labute approximate surface area is 116 Å². The van der Waals surface area contributed by atoms with E-state index in [1.807, 2.05) is 18.1 Å². The van der Waals surface area contributed by atoms with E-state index in [2.05, 4.69) is 57.0 Å². The molecule has 0 spiro atoms. The van der Waals surface area contributed by atoms with E-state index in [1.165, 1.54) is 16.8 Å². The molecule has 0 aliphatic carbocycles. The van der Waals surface area contributed by atoms with Crippen LogP contribution in [0.3, 0.4) is 0 Å². The lowest BCUT2D eigenvalue weighted by molar-refractivity contribution is 0.366. The molecule has 0 saturated heterocycles. The van der Waals surface area contributed by atoms with Gasteiger partial charge in [-0.05, 0) is 23.0 Å². The number of benzene rings is 1. The Kier molecular flexibility index (Phi) is 3.85. The van der Waals surface area contributed by atoms with Crippen LogP contribution in [0.1, 0.15) is 50.7 Å². The van der Waals surface area contributed by atoms with Crippen LogP contribution in [0.15, 0.2) is 30.6 Å². The van der Waals surface area contributed by atoms with Crippen LogP contribution >= 0.6 is 0 Å². The number of para-hydroxylation sites is 1. The van der Waals surface area contributed by atoms with Crippen LogP contribution in [0.25, 0.3) is 0 Å². The van der Waals surface area contributed by atoms with Crippen LogP contribution in [0.2, 0.25) is 0 Å². The van der Waals surface area contributed by atoms with Crippen LogP contribution in [0.4, 0.5) is 5.69 Å². The first kappa shape index (κ1) is 13.9. The van der Waals surface area contributed by atoms with Crippen molar-refractivity contribution in [2.75, 3.05) is 11.9 Å². The molecule has 3 heteroatoms. The van der Waals surface area contributed by atoms with Gasteiger partial charge in [0.25, 0.3) is 0 Å². The normalized spacial score (nSPS) is 19.1. The fourth-order valence-electron chi connectivity index (χ4n) is 2.57. The van der Waals surface area contributed by atoms with Crippen LogP contribution in [0.5, 0.6) is 0 Å². The average molecular weight is 259 g/mol. The summed E-state index contributed by atoms with van der Waals surface area (Å²) < 4.78 is 0. The van der Waals surface area contributed by atoms with Gasteiger partial charge >= 0.3 is 0 Å². The molecule has 2 rings (SSSR count). The maximum Gasteiger partial charge on any atom is 0.158 e. The highest BCUT2D eigenvalue weighted by Crippen LogP contribution is 2.37. The fraction of sp³-hybridized carbons (Fsp3) is 0.500. The first-order valence-corrected chi connectivity index (χ1v) is 7.00. The molecule has 1 atom stereocenters. The quantitative estimate of drug-likeness (QED) is 0.903. The molecule has 1 unspecified atom stereocenters. The van der Waals surface area contributed by atoms with Gasteiger partial charge in [0.05, 0.1) is 5.69 Å². The van der Waals surface area contributed by atoms with Gasteiger partial charge in [0, 0.05) is 19.4 Å². The monoisotopic (exact) mass is 259 g/mol. The molecule has 1 aromatic carbocycles. The SMILES string of the molecule is CC(C)c1cccc(C(C)C)c1N1C=CN(C)C1N. The molecule has 1 aliphatic rings.